The van der Waals surface area contributed by atoms with Gasteiger partial charge < -0.3 is 9.84 Å². The quantitative estimate of drug-likeness (QED) is 0.412. The predicted octanol–water partition coefficient (Wildman–Crippen LogP) is 1.94. The average Bonchev–Trinajstić information content (AvgIpc) is 2.23. The number of halogens is 1. The van der Waals surface area contributed by atoms with E-state index in [0.29, 0.717) is 5.56 Å². The number of aromatic hydroxyl groups is 1. The lowest BCUT2D eigenvalue weighted by molar-refractivity contribution is 0.0597. The molecule has 0 spiro atoms. The van der Waals surface area contributed by atoms with Crippen molar-refractivity contribution in [3.05, 3.63) is 22.2 Å². The Morgan fingerprint density at radius 2 is 2.20 bits per heavy atom. The number of carbonyl (C=O) groups excluding carboxylic acids is 1. The van der Waals surface area contributed by atoms with Crippen molar-refractivity contribution >= 4 is 23.3 Å². The Balaban J connectivity index is 3.43. The fourth-order valence-corrected chi connectivity index (χ4v) is 1.34. The Labute approximate surface area is 91.2 Å². The molecule has 0 unspecified atom stereocenters. The third-order valence-electron chi connectivity index (χ3n) is 2.01. The summed E-state index contributed by atoms with van der Waals surface area (Å²) < 4.78 is 4.44. The van der Waals surface area contributed by atoms with Crippen LogP contribution < -0.4 is 5.48 Å². The van der Waals surface area contributed by atoms with Gasteiger partial charge in [-0.1, -0.05) is 11.6 Å². The van der Waals surface area contributed by atoms with Crippen molar-refractivity contribution in [1.29, 1.82) is 0 Å². The van der Waals surface area contributed by atoms with E-state index in [1.807, 2.05) is 0 Å². The van der Waals surface area contributed by atoms with Gasteiger partial charge in [-0.05, 0) is 18.6 Å². The Hall–Kier alpha value is -1.46. The lowest BCUT2D eigenvalue weighted by atomic mass is 10.1. The molecule has 0 aliphatic carbocycles. The highest BCUT2D eigenvalue weighted by Gasteiger charge is 2.19. The van der Waals surface area contributed by atoms with Crippen molar-refractivity contribution < 1.29 is 19.8 Å². The van der Waals surface area contributed by atoms with E-state index in [9.17, 15) is 9.90 Å². The molecule has 0 fully saturated rings. The lowest BCUT2D eigenvalue weighted by Gasteiger charge is -2.11. The van der Waals surface area contributed by atoms with E-state index in [1.54, 1.807) is 12.4 Å². The first-order valence-electron chi connectivity index (χ1n) is 4.03. The summed E-state index contributed by atoms with van der Waals surface area (Å²) in [7, 11) is 1.18. The zero-order chi connectivity index (χ0) is 11.6. The van der Waals surface area contributed by atoms with Gasteiger partial charge in [0, 0.05) is 5.02 Å². The van der Waals surface area contributed by atoms with Crippen molar-refractivity contribution in [2.75, 3.05) is 12.6 Å². The zero-order valence-corrected chi connectivity index (χ0v) is 8.92. The third-order valence-corrected chi connectivity index (χ3v) is 2.41. The normalized spacial score (nSPS) is 9.87. The Morgan fingerprint density at radius 3 is 2.67 bits per heavy atom. The minimum absolute atomic E-state index is 0.0112. The van der Waals surface area contributed by atoms with Crippen molar-refractivity contribution in [3.63, 3.8) is 0 Å². The fourth-order valence-electron chi connectivity index (χ4n) is 1.14. The number of phenolic OH excluding ortho intramolecular Hbond substituents is 1. The molecule has 15 heavy (non-hydrogen) atoms. The van der Waals surface area contributed by atoms with Crippen molar-refractivity contribution in [1.82, 2.24) is 0 Å². The van der Waals surface area contributed by atoms with Gasteiger partial charge in [0.1, 0.15) is 11.3 Å². The lowest BCUT2D eigenvalue weighted by Crippen LogP contribution is -2.05. The Kier molecular flexibility index (Phi) is 3.39. The predicted molar refractivity (Wildman–Crippen MR) is 54.6 cm³/mol. The third kappa shape index (κ3) is 1.98. The first-order valence-corrected chi connectivity index (χ1v) is 4.41. The molecule has 0 atom stereocenters. The van der Waals surface area contributed by atoms with Gasteiger partial charge in [0.15, 0.2) is 5.75 Å². The van der Waals surface area contributed by atoms with E-state index in [-0.39, 0.29) is 16.3 Å². The van der Waals surface area contributed by atoms with Crippen molar-refractivity contribution in [2.24, 2.45) is 0 Å². The summed E-state index contributed by atoms with van der Waals surface area (Å²) in [5, 5.41) is 18.6. The smallest absolute Gasteiger partial charge is 0.341 e. The molecule has 0 bridgehead atoms. The van der Waals surface area contributed by atoms with Crippen LogP contribution in [0.3, 0.4) is 0 Å². The molecule has 1 aromatic carbocycles. The largest absolute Gasteiger partial charge is 0.505 e. The Morgan fingerprint density at radius 1 is 1.60 bits per heavy atom. The van der Waals surface area contributed by atoms with Gasteiger partial charge in [0.05, 0.1) is 7.11 Å². The number of hydrogen-bond acceptors (Lipinski definition) is 5. The number of hydrogen-bond donors (Lipinski definition) is 3. The molecule has 1 rings (SSSR count). The number of rotatable bonds is 2. The number of anilines is 1. The summed E-state index contributed by atoms with van der Waals surface area (Å²) in [5.41, 5.74) is 2.10. The molecular formula is C9H10ClNO4. The molecule has 0 aliphatic heterocycles. The molecule has 6 heteroatoms. The fraction of sp³-hybridized carbons (Fsp3) is 0.222. The first kappa shape index (κ1) is 11.6. The maximum absolute atomic E-state index is 11.2. The molecular weight excluding hydrogens is 222 g/mol. The molecule has 5 nitrogen and oxygen atoms in total. The van der Waals surface area contributed by atoms with Gasteiger partial charge in [0.25, 0.3) is 0 Å². The van der Waals surface area contributed by atoms with Gasteiger partial charge in [-0.15, -0.1) is 0 Å². The second kappa shape index (κ2) is 4.37. The Bertz CT molecular complexity index is 406. The second-order valence-corrected chi connectivity index (χ2v) is 3.27. The number of benzene rings is 1. The van der Waals surface area contributed by atoms with Gasteiger partial charge in [-0.25, -0.2) is 4.79 Å². The van der Waals surface area contributed by atoms with E-state index in [2.05, 4.69) is 4.74 Å². The van der Waals surface area contributed by atoms with Crippen LogP contribution in [0.1, 0.15) is 15.9 Å². The van der Waals surface area contributed by atoms with Gasteiger partial charge in [-0.3, -0.25) is 10.7 Å². The van der Waals surface area contributed by atoms with Crippen LogP contribution in [-0.2, 0) is 4.74 Å². The molecule has 0 saturated heterocycles. The van der Waals surface area contributed by atoms with E-state index in [4.69, 9.17) is 16.8 Å². The average molecular weight is 232 g/mol. The number of carbonyl (C=O) groups is 1. The van der Waals surface area contributed by atoms with Crippen LogP contribution in [0.2, 0.25) is 5.02 Å². The molecule has 0 heterocycles. The van der Waals surface area contributed by atoms with Crippen LogP contribution >= 0.6 is 11.6 Å². The van der Waals surface area contributed by atoms with Crippen LogP contribution in [0, 0.1) is 6.92 Å². The number of methoxy groups -OCH3 is 1. The van der Waals surface area contributed by atoms with Crippen molar-refractivity contribution in [3.8, 4) is 5.75 Å². The van der Waals surface area contributed by atoms with Crippen molar-refractivity contribution in [2.45, 2.75) is 6.92 Å². The topological polar surface area (TPSA) is 78.8 Å². The van der Waals surface area contributed by atoms with Crippen LogP contribution in [0.15, 0.2) is 6.07 Å². The minimum atomic E-state index is -0.731. The standard InChI is InChI=1S/C9H10ClNO4/c1-4-6(10)3-5(9(13)15-2)8(12)7(4)11-14/h3,11-12,14H,1-2H3. The molecule has 0 aliphatic rings. The summed E-state index contributed by atoms with van der Waals surface area (Å²) in [6.45, 7) is 1.58. The van der Waals surface area contributed by atoms with E-state index >= 15 is 0 Å². The van der Waals surface area contributed by atoms with E-state index in [0.717, 1.165) is 0 Å². The monoisotopic (exact) mass is 231 g/mol. The second-order valence-electron chi connectivity index (χ2n) is 2.86. The van der Waals surface area contributed by atoms with E-state index in [1.165, 1.54) is 13.2 Å². The minimum Gasteiger partial charge on any atom is -0.505 e. The number of esters is 1. The first-order chi connectivity index (χ1) is 7.02. The summed E-state index contributed by atoms with van der Waals surface area (Å²) in [6.07, 6.45) is 0. The number of ether oxygens (including phenoxy) is 1. The van der Waals surface area contributed by atoms with Gasteiger partial charge >= 0.3 is 5.97 Å². The van der Waals surface area contributed by atoms with Crippen LogP contribution in [0.5, 0.6) is 5.75 Å². The van der Waals surface area contributed by atoms with Crippen LogP contribution in [0.4, 0.5) is 5.69 Å². The van der Waals surface area contributed by atoms with Crippen LogP contribution in [0.25, 0.3) is 0 Å². The number of nitrogens with one attached hydrogen (secondary N) is 1. The van der Waals surface area contributed by atoms with Crippen LogP contribution in [-0.4, -0.2) is 23.4 Å². The highest BCUT2D eigenvalue weighted by molar-refractivity contribution is 6.32. The van der Waals surface area contributed by atoms with E-state index < -0.39 is 11.7 Å². The van der Waals surface area contributed by atoms with Gasteiger partial charge in [-0.2, -0.15) is 0 Å². The highest BCUT2D eigenvalue weighted by atomic mass is 35.5. The summed E-state index contributed by atoms with van der Waals surface area (Å²) in [5.74, 6) is -1.13. The maximum Gasteiger partial charge on any atom is 0.341 e. The zero-order valence-electron chi connectivity index (χ0n) is 8.17. The molecule has 82 valence electrons. The summed E-state index contributed by atoms with van der Waals surface area (Å²) in [4.78, 5) is 11.2. The molecule has 0 aromatic heterocycles. The summed E-state index contributed by atoms with van der Waals surface area (Å²) in [6, 6.07) is 1.28. The molecule has 1 aromatic rings. The maximum atomic E-state index is 11.2. The summed E-state index contributed by atoms with van der Waals surface area (Å²) >= 11 is 5.80. The molecule has 0 radical (unpaired) electrons. The molecule has 0 amide bonds. The number of phenols is 1. The molecule has 3 N–H and O–H groups in total. The highest BCUT2D eigenvalue weighted by Crippen LogP contribution is 2.35. The molecule has 0 saturated carbocycles. The SMILES string of the molecule is COC(=O)c1cc(Cl)c(C)c(NO)c1O. The van der Waals surface area contributed by atoms with Gasteiger partial charge in [0.2, 0.25) is 0 Å².